The molecule has 28 heavy (non-hydrogen) atoms. The highest BCUT2D eigenvalue weighted by molar-refractivity contribution is 5.84. The van der Waals surface area contributed by atoms with Gasteiger partial charge in [-0.05, 0) is 70.9 Å². The van der Waals surface area contributed by atoms with Gasteiger partial charge in [0.1, 0.15) is 5.75 Å². The number of hydrogen-bond donors (Lipinski definition) is 2. The summed E-state index contributed by atoms with van der Waals surface area (Å²) in [6.45, 7) is 7.62. The minimum Gasteiger partial charge on any atom is -0.492 e. The van der Waals surface area contributed by atoms with Crippen LogP contribution in [-0.4, -0.2) is 34.1 Å². The van der Waals surface area contributed by atoms with Crippen LogP contribution in [0.5, 0.6) is 5.75 Å². The van der Waals surface area contributed by atoms with Crippen molar-refractivity contribution < 1.29 is 23.4 Å². The lowest BCUT2D eigenvalue weighted by Gasteiger charge is -2.38. The van der Waals surface area contributed by atoms with Crippen LogP contribution < -0.4 is 10.1 Å². The molecule has 1 aliphatic carbocycles. The van der Waals surface area contributed by atoms with Crippen LogP contribution in [0, 0.1) is 11.8 Å². The van der Waals surface area contributed by atoms with Crippen LogP contribution in [0.4, 0.5) is 8.78 Å². The SMILES string of the molecule is CCCOc1ccc([C@@H](C)NC(=O)C(F)(F)C2CCC(C(C)(C)O)CC2)nc1. The molecule has 0 bridgehead atoms. The number of alkyl halides is 2. The van der Waals surface area contributed by atoms with E-state index >= 15 is 0 Å². The van der Waals surface area contributed by atoms with Gasteiger partial charge in [0, 0.05) is 5.92 Å². The maximum absolute atomic E-state index is 14.7. The number of ether oxygens (including phenoxy) is 1. The zero-order valence-corrected chi connectivity index (χ0v) is 17.2. The first-order valence-electron chi connectivity index (χ1n) is 10.1. The molecule has 2 rings (SSSR count). The second-order valence-corrected chi connectivity index (χ2v) is 8.29. The second kappa shape index (κ2) is 9.16. The lowest BCUT2D eigenvalue weighted by molar-refractivity contribution is -0.158. The van der Waals surface area contributed by atoms with Gasteiger partial charge in [-0.25, -0.2) is 0 Å². The van der Waals surface area contributed by atoms with E-state index < -0.39 is 29.4 Å². The molecule has 158 valence electrons. The molecule has 7 heteroatoms. The fourth-order valence-corrected chi connectivity index (χ4v) is 3.67. The van der Waals surface area contributed by atoms with E-state index in [2.05, 4.69) is 10.3 Å². The Kier molecular flexibility index (Phi) is 7.37. The zero-order chi connectivity index (χ0) is 20.9. The van der Waals surface area contributed by atoms with E-state index in [4.69, 9.17) is 4.74 Å². The quantitative estimate of drug-likeness (QED) is 0.686. The number of aromatic nitrogens is 1. The highest BCUT2D eigenvalue weighted by Crippen LogP contribution is 2.42. The summed E-state index contributed by atoms with van der Waals surface area (Å²) in [5.74, 6) is -5.11. The third-order valence-corrected chi connectivity index (χ3v) is 5.57. The number of amides is 1. The predicted molar refractivity (Wildman–Crippen MR) is 103 cm³/mol. The molecule has 1 aromatic rings. The Balaban J connectivity index is 1.93. The van der Waals surface area contributed by atoms with E-state index in [1.807, 2.05) is 6.92 Å². The van der Waals surface area contributed by atoms with Crippen molar-refractivity contribution in [3.05, 3.63) is 24.0 Å². The number of carbonyl (C=O) groups excluding carboxylic acids is 1. The molecule has 0 radical (unpaired) electrons. The van der Waals surface area contributed by atoms with E-state index in [1.54, 1.807) is 32.9 Å². The minimum absolute atomic E-state index is 0.0147. The van der Waals surface area contributed by atoms with E-state index in [9.17, 15) is 18.7 Å². The topological polar surface area (TPSA) is 71.5 Å². The van der Waals surface area contributed by atoms with Crippen molar-refractivity contribution in [2.24, 2.45) is 11.8 Å². The summed E-state index contributed by atoms with van der Waals surface area (Å²) in [6, 6.07) is 2.76. The summed E-state index contributed by atoms with van der Waals surface area (Å²) in [7, 11) is 0. The number of aliphatic hydroxyl groups is 1. The standard InChI is InChI=1S/C21H32F2N2O3/c1-5-12-28-17-10-11-18(24-13-17)14(2)25-19(26)21(22,23)16-8-6-15(7-9-16)20(3,4)27/h10-11,13-16,27H,5-9,12H2,1-4H3,(H,25,26)/t14-,15?,16?/m1/s1. The molecule has 5 nitrogen and oxygen atoms in total. The number of pyridine rings is 1. The largest absolute Gasteiger partial charge is 0.492 e. The number of halogens is 2. The van der Waals surface area contributed by atoms with Crippen molar-refractivity contribution in [1.82, 2.24) is 10.3 Å². The highest BCUT2D eigenvalue weighted by atomic mass is 19.3. The van der Waals surface area contributed by atoms with Crippen LogP contribution in [0.25, 0.3) is 0 Å². The number of rotatable bonds is 8. The summed E-state index contributed by atoms with van der Waals surface area (Å²) in [4.78, 5) is 16.5. The van der Waals surface area contributed by atoms with E-state index in [0.717, 1.165) is 6.42 Å². The Morgan fingerprint density at radius 1 is 1.29 bits per heavy atom. The summed E-state index contributed by atoms with van der Waals surface area (Å²) >= 11 is 0. The monoisotopic (exact) mass is 398 g/mol. The Labute approximate surface area is 165 Å². The molecule has 0 aliphatic heterocycles. The summed E-state index contributed by atoms with van der Waals surface area (Å²) in [5, 5.41) is 12.5. The van der Waals surface area contributed by atoms with Gasteiger partial charge in [0.2, 0.25) is 0 Å². The van der Waals surface area contributed by atoms with Crippen molar-refractivity contribution in [3.63, 3.8) is 0 Å². The average molecular weight is 398 g/mol. The van der Waals surface area contributed by atoms with Gasteiger partial charge in [-0.3, -0.25) is 9.78 Å². The third-order valence-electron chi connectivity index (χ3n) is 5.57. The van der Waals surface area contributed by atoms with Crippen LogP contribution >= 0.6 is 0 Å². The molecule has 1 amide bonds. The van der Waals surface area contributed by atoms with Crippen molar-refractivity contribution in [2.45, 2.75) is 77.4 Å². The fraction of sp³-hybridized carbons (Fsp3) is 0.714. The van der Waals surface area contributed by atoms with Crippen molar-refractivity contribution in [3.8, 4) is 5.75 Å². The Morgan fingerprint density at radius 2 is 1.89 bits per heavy atom. The number of hydrogen-bond acceptors (Lipinski definition) is 4. The lowest BCUT2D eigenvalue weighted by atomic mass is 9.73. The molecule has 0 unspecified atom stereocenters. The maximum atomic E-state index is 14.7. The Morgan fingerprint density at radius 3 is 2.39 bits per heavy atom. The molecule has 1 aliphatic rings. The summed E-state index contributed by atoms with van der Waals surface area (Å²) in [6.07, 6.45) is 3.85. The van der Waals surface area contributed by atoms with Crippen molar-refractivity contribution in [1.29, 1.82) is 0 Å². The first-order chi connectivity index (χ1) is 13.1. The normalized spacial score (nSPS) is 21.8. The van der Waals surface area contributed by atoms with Crippen LogP contribution in [-0.2, 0) is 4.79 Å². The molecule has 1 aromatic heterocycles. The molecule has 1 fully saturated rings. The van der Waals surface area contributed by atoms with Crippen LogP contribution in [0.3, 0.4) is 0 Å². The van der Waals surface area contributed by atoms with Crippen LogP contribution in [0.1, 0.15) is 71.5 Å². The van der Waals surface area contributed by atoms with Gasteiger partial charge in [0.15, 0.2) is 0 Å². The van der Waals surface area contributed by atoms with Gasteiger partial charge in [0.25, 0.3) is 5.91 Å². The molecular weight excluding hydrogens is 366 g/mol. The zero-order valence-electron chi connectivity index (χ0n) is 17.2. The maximum Gasteiger partial charge on any atom is 0.327 e. The molecule has 1 heterocycles. The number of nitrogens with one attached hydrogen (secondary N) is 1. The minimum atomic E-state index is -3.44. The average Bonchev–Trinajstić information content (AvgIpc) is 2.66. The molecule has 1 saturated carbocycles. The van der Waals surface area contributed by atoms with E-state index in [-0.39, 0.29) is 18.8 Å². The van der Waals surface area contributed by atoms with Gasteiger partial charge < -0.3 is 15.2 Å². The van der Waals surface area contributed by atoms with E-state index in [1.165, 1.54) is 6.20 Å². The molecule has 1 atom stereocenters. The number of carbonyl (C=O) groups is 1. The van der Waals surface area contributed by atoms with Gasteiger partial charge in [-0.15, -0.1) is 0 Å². The van der Waals surface area contributed by atoms with E-state index in [0.29, 0.717) is 30.9 Å². The Bertz CT molecular complexity index is 636. The summed E-state index contributed by atoms with van der Waals surface area (Å²) in [5.41, 5.74) is -0.380. The second-order valence-electron chi connectivity index (χ2n) is 8.29. The van der Waals surface area contributed by atoms with Gasteiger partial charge >= 0.3 is 5.92 Å². The van der Waals surface area contributed by atoms with Crippen molar-refractivity contribution in [2.75, 3.05) is 6.61 Å². The first-order valence-corrected chi connectivity index (χ1v) is 10.1. The molecule has 2 N–H and O–H groups in total. The Hall–Kier alpha value is -1.76. The smallest absolute Gasteiger partial charge is 0.327 e. The summed E-state index contributed by atoms with van der Waals surface area (Å²) < 4.78 is 34.8. The van der Waals surface area contributed by atoms with Crippen LogP contribution in [0.15, 0.2) is 18.3 Å². The molecule has 0 spiro atoms. The van der Waals surface area contributed by atoms with Gasteiger partial charge in [-0.2, -0.15) is 8.78 Å². The van der Waals surface area contributed by atoms with Gasteiger partial charge in [0.05, 0.1) is 30.1 Å². The molecule has 0 aromatic carbocycles. The highest BCUT2D eigenvalue weighted by Gasteiger charge is 2.49. The van der Waals surface area contributed by atoms with Crippen molar-refractivity contribution >= 4 is 5.91 Å². The molecular formula is C21H32F2N2O3. The first kappa shape index (κ1) is 22.5. The lowest BCUT2D eigenvalue weighted by Crippen LogP contribution is -2.48. The fourth-order valence-electron chi connectivity index (χ4n) is 3.67. The van der Waals surface area contributed by atoms with Gasteiger partial charge in [-0.1, -0.05) is 6.92 Å². The van der Waals surface area contributed by atoms with Crippen LogP contribution in [0.2, 0.25) is 0 Å². The predicted octanol–water partition coefficient (Wildman–Crippen LogP) is 4.26. The number of nitrogens with zero attached hydrogens (tertiary/aromatic N) is 1. The molecule has 0 saturated heterocycles. The third kappa shape index (κ3) is 5.63.